The second-order valence-electron chi connectivity index (χ2n) is 3.57. The number of alkyl halides is 3. The third-order valence-electron chi connectivity index (χ3n) is 2.69. The van der Waals surface area contributed by atoms with Crippen LogP contribution in [0.4, 0.5) is 13.2 Å². The largest absolute Gasteiger partial charge is 0.409 e. The van der Waals surface area contributed by atoms with Gasteiger partial charge in [-0.05, 0) is 12.8 Å². The lowest BCUT2D eigenvalue weighted by Crippen LogP contribution is -2.51. The van der Waals surface area contributed by atoms with Crippen LogP contribution in [0.1, 0.15) is 26.7 Å². The summed E-state index contributed by atoms with van der Waals surface area (Å²) in [5, 5.41) is 13.0. The number of nitrogens with one attached hydrogen (secondary N) is 1. The van der Waals surface area contributed by atoms with Crippen molar-refractivity contribution in [3.05, 3.63) is 0 Å². The van der Waals surface area contributed by atoms with Crippen LogP contribution in [0.15, 0.2) is 5.16 Å². The van der Waals surface area contributed by atoms with E-state index >= 15 is 0 Å². The lowest BCUT2D eigenvalue weighted by molar-refractivity contribution is -0.142. The summed E-state index contributed by atoms with van der Waals surface area (Å²) in [7, 11) is 0. The van der Waals surface area contributed by atoms with Gasteiger partial charge in [-0.2, -0.15) is 13.2 Å². The van der Waals surface area contributed by atoms with E-state index in [0.717, 1.165) is 0 Å². The molecule has 0 rings (SSSR count). The molecule has 0 aliphatic heterocycles. The number of carbonyl (C=O) groups excluding carboxylic acids is 1. The van der Waals surface area contributed by atoms with Crippen molar-refractivity contribution in [1.29, 1.82) is 0 Å². The molecule has 5 nitrogen and oxygen atoms in total. The Morgan fingerprint density at radius 2 is 1.82 bits per heavy atom. The Morgan fingerprint density at radius 1 is 1.35 bits per heavy atom. The van der Waals surface area contributed by atoms with E-state index in [1.54, 1.807) is 19.2 Å². The number of oxime groups is 1. The molecule has 0 bridgehead atoms. The van der Waals surface area contributed by atoms with Gasteiger partial charge < -0.3 is 16.3 Å². The normalized spacial score (nSPS) is 13.6. The average molecular weight is 255 g/mol. The summed E-state index contributed by atoms with van der Waals surface area (Å²) in [6.45, 7) is 1.72. The zero-order chi connectivity index (χ0) is 13.7. The summed E-state index contributed by atoms with van der Waals surface area (Å²) in [5.41, 5.74) is 3.97. The number of amides is 1. The summed E-state index contributed by atoms with van der Waals surface area (Å²) in [6.07, 6.45) is -4.21. The van der Waals surface area contributed by atoms with Gasteiger partial charge >= 0.3 is 6.18 Å². The number of hydrogen-bond donors (Lipinski definition) is 3. The molecule has 0 aromatic heterocycles. The minimum absolute atomic E-state index is 0.142. The first-order chi connectivity index (χ1) is 7.73. The third kappa shape index (κ3) is 3.79. The van der Waals surface area contributed by atoms with Crippen LogP contribution in [0.3, 0.4) is 0 Å². The molecule has 0 atom stereocenters. The molecular weight excluding hydrogens is 239 g/mol. The van der Waals surface area contributed by atoms with Crippen LogP contribution in [-0.4, -0.2) is 29.7 Å². The smallest absolute Gasteiger partial charge is 0.405 e. The fourth-order valence-corrected chi connectivity index (χ4v) is 1.50. The minimum Gasteiger partial charge on any atom is -0.409 e. The highest BCUT2D eigenvalue weighted by molar-refractivity contribution is 6.06. The van der Waals surface area contributed by atoms with Gasteiger partial charge in [-0.1, -0.05) is 19.0 Å². The summed E-state index contributed by atoms with van der Waals surface area (Å²) in [6, 6.07) is 0. The predicted octanol–water partition coefficient (Wildman–Crippen LogP) is 1.22. The first kappa shape index (κ1) is 15.5. The van der Waals surface area contributed by atoms with E-state index in [0.29, 0.717) is 0 Å². The lowest BCUT2D eigenvalue weighted by atomic mass is 9.80. The zero-order valence-corrected chi connectivity index (χ0v) is 9.64. The monoisotopic (exact) mass is 255 g/mol. The molecule has 0 aromatic carbocycles. The van der Waals surface area contributed by atoms with Gasteiger partial charge in [0, 0.05) is 0 Å². The van der Waals surface area contributed by atoms with E-state index in [1.165, 1.54) is 0 Å². The molecule has 17 heavy (non-hydrogen) atoms. The Hall–Kier alpha value is -1.47. The number of amidine groups is 1. The van der Waals surface area contributed by atoms with Crippen molar-refractivity contribution < 1.29 is 23.2 Å². The van der Waals surface area contributed by atoms with E-state index in [4.69, 9.17) is 10.9 Å². The van der Waals surface area contributed by atoms with E-state index in [9.17, 15) is 18.0 Å². The molecule has 0 fully saturated rings. The molecule has 0 unspecified atom stereocenters. The number of hydrogen-bond acceptors (Lipinski definition) is 3. The third-order valence-corrected chi connectivity index (χ3v) is 2.69. The van der Waals surface area contributed by atoms with Crippen molar-refractivity contribution in [3.63, 3.8) is 0 Å². The molecule has 0 saturated carbocycles. The van der Waals surface area contributed by atoms with Gasteiger partial charge in [0.15, 0.2) is 5.84 Å². The van der Waals surface area contributed by atoms with Gasteiger partial charge in [0.25, 0.3) is 0 Å². The van der Waals surface area contributed by atoms with Crippen LogP contribution in [0.5, 0.6) is 0 Å². The molecule has 0 heterocycles. The molecule has 0 aliphatic rings. The highest BCUT2D eigenvalue weighted by atomic mass is 19.4. The molecule has 100 valence electrons. The second-order valence-corrected chi connectivity index (χ2v) is 3.57. The van der Waals surface area contributed by atoms with Gasteiger partial charge in [0.2, 0.25) is 5.91 Å². The molecule has 0 spiro atoms. The number of halogens is 3. The summed E-state index contributed by atoms with van der Waals surface area (Å²) >= 11 is 0. The number of nitrogens with zero attached hydrogens (tertiary/aromatic N) is 1. The van der Waals surface area contributed by atoms with Crippen molar-refractivity contribution in [2.24, 2.45) is 16.3 Å². The van der Waals surface area contributed by atoms with Crippen molar-refractivity contribution >= 4 is 11.7 Å². The molecular formula is C9H16F3N3O2. The van der Waals surface area contributed by atoms with Gasteiger partial charge in [0.05, 0.1) is 0 Å². The highest BCUT2D eigenvalue weighted by Gasteiger charge is 2.41. The number of rotatable bonds is 5. The van der Waals surface area contributed by atoms with E-state index < -0.39 is 24.0 Å². The Morgan fingerprint density at radius 3 is 2.12 bits per heavy atom. The Labute approximate surface area is 96.9 Å². The number of carbonyl (C=O) groups is 1. The lowest BCUT2D eigenvalue weighted by Gasteiger charge is -2.28. The fraction of sp³-hybridized carbons (Fsp3) is 0.778. The summed E-state index contributed by atoms with van der Waals surface area (Å²) in [5.74, 6) is -1.28. The van der Waals surface area contributed by atoms with Crippen molar-refractivity contribution in [3.8, 4) is 0 Å². The summed E-state index contributed by atoms with van der Waals surface area (Å²) in [4.78, 5) is 11.7. The number of nitrogens with two attached hydrogens (primary N) is 1. The van der Waals surface area contributed by atoms with E-state index in [2.05, 4.69) is 5.16 Å². The average Bonchev–Trinajstić information content (AvgIpc) is 2.27. The maximum Gasteiger partial charge on any atom is 0.405 e. The predicted molar refractivity (Wildman–Crippen MR) is 55.5 cm³/mol. The molecule has 4 N–H and O–H groups in total. The van der Waals surface area contributed by atoms with Gasteiger partial charge in [-0.3, -0.25) is 4.79 Å². The van der Waals surface area contributed by atoms with Crippen LogP contribution in [0.2, 0.25) is 0 Å². The quantitative estimate of drug-likeness (QED) is 0.299. The maximum absolute atomic E-state index is 12.0. The Balaban J connectivity index is 4.91. The Kier molecular flexibility index (Phi) is 5.24. The maximum atomic E-state index is 12.0. The van der Waals surface area contributed by atoms with Gasteiger partial charge in [-0.25, -0.2) is 0 Å². The van der Waals surface area contributed by atoms with Crippen LogP contribution in [0, 0.1) is 5.41 Å². The van der Waals surface area contributed by atoms with Crippen LogP contribution < -0.4 is 11.1 Å². The molecule has 8 heteroatoms. The zero-order valence-electron chi connectivity index (χ0n) is 9.64. The molecule has 1 amide bonds. The van der Waals surface area contributed by atoms with Crippen molar-refractivity contribution in [1.82, 2.24) is 5.32 Å². The first-order valence-electron chi connectivity index (χ1n) is 5.06. The van der Waals surface area contributed by atoms with Crippen LogP contribution in [0.25, 0.3) is 0 Å². The van der Waals surface area contributed by atoms with Crippen molar-refractivity contribution in [2.75, 3.05) is 6.54 Å². The fourth-order valence-electron chi connectivity index (χ4n) is 1.50. The standard InChI is InChI=1S/C9H16F3N3O2/c1-3-8(4-2,6(13)15-17)7(16)14-5-9(10,11)12/h17H,3-5H2,1-2H3,(H2,13,15)(H,14,16). The Bertz CT molecular complexity index is 298. The van der Waals surface area contributed by atoms with Crippen LogP contribution >= 0.6 is 0 Å². The molecule has 0 aliphatic carbocycles. The SMILES string of the molecule is CCC(CC)(C(=O)NCC(F)(F)F)C(N)=NO. The first-order valence-corrected chi connectivity index (χ1v) is 5.06. The topological polar surface area (TPSA) is 87.7 Å². The van der Waals surface area contributed by atoms with E-state index in [1.807, 2.05) is 0 Å². The molecule has 0 aromatic rings. The minimum atomic E-state index is -4.49. The van der Waals surface area contributed by atoms with Gasteiger partial charge in [-0.15, -0.1) is 0 Å². The highest BCUT2D eigenvalue weighted by Crippen LogP contribution is 2.27. The van der Waals surface area contributed by atoms with Gasteiger partial charge in [0.1, 0.15) is 12.0 Å². The van der Waals surface area contributed by atoms with Crippen molar-refractivity contribution in [2.45, 2.75) is 32.9 Å². The van der Waals surface area contributed by atoms with Crippen LogP contribution in [-0.2, 0) is 4.79 Å². The summed E-state index contributed by atoms with van der Waals surface area (Å²) < 4.78 is 35.9. The second kappa shape index (κ2) is 5.74. The molecule has 0 radical (unpaired) electrons. The molecule has 0 saturated heterocycles. The van der Waals surface area contributed by atoms with E-state index in [-0.39, 0.29) is 18.7 Å².